The number of hydrogen-bond acceptors (Lipinski definition) is 4. The zero-order chi connectivity index (χ0) is 18.3. The van der Waals surface area contributed by atoms with Gasteiger partial charge in [0.1, 0.15) is 5.76 Å². The van der Waals surface area contributed by atoms with Crippen molar-refractivity contribution < 1.29 is 19.1 Å². The molecule has 0 spiro atoms. The molecule has 0 radical (unpaired) electrons. The molecule has 0 saturated heterocycles. The number of carbonyl (C=O) groups is 2. The Morgan fingerprint density at radius 2 is 1.71 bits per heavy atom. The van der Waals surface area contributed by atoms with Crippen molar-refractivity contribution in [2.75, 3.05) is 6.61 Å². The van der Waals surface area contributed by atoms with Crippen molar-refractivity contribution in [3.05, 3.63) is 39.6 Å². The molecule has 4 nitrogen and oxygen atoms in total. The van der Waals surface area contributed by atoms with Crippen molar-refractivity contribution in [1.29, 1.82) is 0 Å². The number of halogens is 1. The number of rotatable bonds is 7. The highest BCUT2D eigenvalue weighted by atomic mass is 35.5. The lowest BCUT2D eigenvalue weighted by atomic mass is 9.90. The van der Waals surface area contributed by atoms with E-state index in [1.807, 2.05) is 27.7 Å². The smallest absolute Gasteiger partial charge is 0.434 e. The average Bonchev–Trinajstić information content (AvgIpc) is 2.51. The zero-order valence-corrected chi connectivity index (χ0v) is 15.7. The van der Waals surface area contributed by atoms with Gasteiger partial charge >= 0.3 is 6.16 Å². The monoisotopic (exact) mass is 352 g/mol. The fraction of sp³-hybridized carbons (Fsp3) is 0.474. The standard InChI is InChI=1S/C19H25ClO4/c1-6-14(7-2)18(24-19(22)23-8-3)16(11-21)17-12(4)9-15(20)10-13(17)5/h9-11,14H,6-8H2,1-5H3/b18-16-. The fourth-order valence-electron chi connectivity index (χ4n) is 2.83. The lowest BCUT2D eigenvalue weighted by Gasteiger charge is -2.21. The van der Waals surface area contributed by atoms with E-state index in [2.05, 4.69) is 0 Å². The van der Waals surface area contributed by atoms with E-state index in [0.29, 0.717) is 16.4 Å². The molecular weight excluding hydrogens is 328 g/mol. The third-order valence-electron chi connectivity index (χ3n) is 3.96. The van der Waals surface area contributed by atoms with Crippen LogP contribution in [0.4, 0.5) is 4.79 Å². The summed E-state index contributed by atoms with van der Waals surface area (Å²) in [6.45, 7) is 9.67. The molecule has 0 saturated carbocycles. The molecule has 5 heteroatoms. The summed E-state index contributed by atoms with van der Waals surface area (Å²) in [7, 11) is 0. The maximum Gasteiger partial charge on any atom is 0.513 e. The molecule has 132 valence electrons. The number of allylic oxidation sites excluding steroid dienone is 2. The van der Waals surface area contributed by atoms with Crippen LogP contribution in [0.3, 0.4) is 0 Å². The quantitative estimate of drug-likeness (QED) is 0.282. The molecule has 0 unspecified atom stereocenters. The van der Waals surface area contributed by atoms with Gasteiger partial charge in [0.2, 0.25) is 0 Å². The van der Waals surface area contributed by atoms with Crippen LogP contribution >= 0.6 is 11.6 Å². The maximum atomic E-state index is 11.9. The molecule has 0 amide bonds. The molecule has 0 aliphatic carbocycles. The fourth-order valence-corrected chi connectivity index (χ4v) is 3.16. The summed E-state index contributed by atoms with van der Waals surface area (Å²) in [5.74, 6) is 0.311. The van der Waals surface area contributed by atoms with Gasteiger partial charge in [0, 0.05) is 10.9 Å². The Bertz CT molecular complexity index is 607. The highest BCUT2D eigenvalue weighted by Gasteiger charge is 2.24. The molecule has 0 aliphatic rings. The van der Waals surface area contributed by atoms with E-state index in [-0.39, 0.29) is 12.5 Å². The van der Waals surface area contributed by atoms with Crippen LogP contribution in [-0.2, 0) is 14.3 Å². The summed E-state index contributed by atoms with van der Waals surface area (Å²) < 4.78 is 10.3. The molecule has 1 aromatic carbocycles. The largest absolute Gasteiger partial charge is 0.513 e. The molecule has 0 bridgehead atoms. The Morgan fingerprint density at radius 3 is 2.12 bits per heavy atom. The molecule has 0 aromatic heterocycles. The van der Waals surface area contributed by atoms with E-state index in [1.165, 1.54) is 0 Å². The SMILES string of the molecule is CCOC(=O)O/C(=C(/C=O)c1c(C)cc(Cl)cc1C)C(CC)CC. The zero-order valence-electron chi connectivity index (χ0n) is 14.9. The summed E-state index contributed by atoms with van der Waals surface area (Å²) in [5, 5.41) is 0.606. The van der Waals surface area contributed by atoms with Crippen molar-refractivity contribution >= 4 is 29.6 Å². The first-order valence-electron chi connectivity index (χ1n) is 8.20. The van der Waals surface area contributed by atoms with Gasteiger partial charge in [-0.15, -0.1) is 0 Å². The van der Waals surface area contributed by atoms with Gasteiger partial charge in [-0.05, 0) is 62.4 Å². The summed E-state index contributed by atoms with van der Waals surface area (Å²) in [6, 6.07) is 3.59. The number of ether oxygens (including phenoxy) is 2. The predicted octanol–water partition coefficient (Wildman–Crippen LogP) is 5.48. The van der Waals surface area contributed by atoms with E-state index in [1.54, 1.807) is 19.1 Å². The molecule has 0 heterocycles. The van der Waals surface area contributed by atoms with Gasteiger partial charge in [0.25, 0.3) is 0 Å². The van der Waals surface area contributed by atoms with Gasteiger partial charge in [-0.25, -0.2) is 4.79 Å². The van der Waals surface area contributed by atoms with E-state index in [0.717, 1.165) is 35.8 Å². The highest BCUT2D eigenvalue weighted by molar-refractivity contribution is 6.30. The molecule has 1 aromatic rings. The molecular formula is C19H25ClO4. The third kappa shape index (κ3) is 4.84. The first-order valence-corrected chi connectivity index (χ1v) is 8.58. The van der Waals surface area contributed by atoms with Gasteiger partial charge in [0.05, 0.1) is 12.2 Å². The van der Waals surface area contributed by atoms with Crippen molar-refractivity contribution in [3.8, 4) is 0 Å². The van der Waals surface area contributed by atoms with Crippen LogP contribution in [-0.4, -0.2) is 19.0 Å². The van der Waals surface area contributed by atoms with Crippen LogP contribution in [0.25, 0.3) is 5.57 Å². The normalized spacial score (nSPS) is 12.0. The summed E-state index contributed by atoms with van der Waals surface area (Å²) in [6.07, 6.45) is 1.45. The molecule has 24 heavy (non-hydrogen) atoms. The average molecular weight is 353 g/mol. The molecule has 0 fully saturated rings. The predicted molar refractivity (Wildman–Crippen MR) is 96.1 cm³/mol. The Hall–Kier alpha value is -1.81. The second-order valence-corrected chi connectivity index (χ2v) is 6.05. The minimum Gasteiger partial charge on any atom is -0.434 e. The minimum absolute atomic E-state index is 0.0518. The van der Waals surface area contributed by atoms with Crippen LogP contribution in [0.2, 0.25) is 5.02 Å². The number of hydrogen-bond donors (Lipinski definition) is 0. The molecule has 0 aliphatic heterocycles. The number of aryl methyl sites for hydroxylation is 2. The minimum atomic E-state index is -0.789. The van der Waals surface area contributed by atoms with Crippen molar-refractivity contribution in [3.63, 3.8) is 0 Å². The molecule has 0 N–H and O–H groups in total. The lowest BCUT2D eigenvalue weighted by molar-refractivity contribution is -0.103. The van der Waals surface area contributed by atoms with Gasteiger partial charge in [-0.3, -0.25) is 4.79 Å². The number of benzene rings is 1. The van der Waals surface area contributed by atoms with Gasteiger partial charge in [0.15, 0.2) is 6.29 Å². The lowest BCUT2D eigenvalue weighted by Crippen LogP contribution is -2.16. The third-order valence-corrected chi connectivity index (χ3v) is 4.18. The summed E-state index contributed by atoms with van der Waals surface area (Å²) >= 11 is 6.08. The van der Waals surface area contributed by atoms with Crippen LogP contribution < -0.4 is 0 Å². The molecule has 0 atom stereocenters. The summed E-state index contributed by atoms with van der Waals surface area (Å²) in [4.78, 5) is 23.7. The van der Waals surface area contributed by atoms with Crippen LogP contribution in [0.5, 0.6) is 0 Å². The highest BCUT2D eigenvalue weighted by Crippen LogP contribution is 2.33. The Balaban J connectivity index is 3.56. The maximum absolute atomic E-state index is 11.9. The van der Waals surface area contributed by atoms with Crippen LogP contribution in [0, 0.1) is 19.8 Å². The van der Waals surface area contributed by atoms with Crippen LogP contribution in [0.15, 0.2) is 17.9 Å². The Morgan fingerprint density at radius 1 is 1.17 bits per heavy atom. The number of aldehydes is 1. The van der Waals surface area contributed by atoms with Crippen molar-refractivity contribution in [2.24, 2.45) is 5.92 Å². The Labute approximate surface area is 148 Å². The van der Waals surface area contributed by atoms with E-state index >= 15 is 0 Å². The topological polar surface area (TPSA) is 52.6 Å². The number of carbonyl (C=O) groups excluding carboxylic acids is 2. The van der Waals surface area contributed by atoms with Gasteiger partial charge in [-0.2, -0.15) is 0 Å². The first-order chi connectivity index (χ1) is 11.4. The first kappa shape index (κ1) is 20.2. The van der Waals surface area contributed by atoms with Crippen molar-refractivity contribution in [1.82, 2.24) is 0 Å². The Kier molecular flexibility index (Phi) is 7.99. The second kappa shape index (κ2) is 9.48. The van der Waals surface area contributed by atoms with E-state index < -0.39 is 6.16 Å². The molecule has 1 rings (SSSR count). The second-order valence-electron chi connectivity index (χ2n) is 5.61. The van der Waals surface area contributed by atoms with E-state index in [9.17, 15) is 9.59 Å². The van der Waals surface area contributed by atoms with Gasteiger partial charge in [-0.1, -0.05) is 25.4 Å². The summed E-state index contributed by atoms with van der Waals surface area (Å²) in [5.41, 5.74) is 2.85. The van der Waals surface area contributed by atoms with E-state index in [4.69, 9.17) is 21.1 Å². The van der Waals surface area contributed by atoms with Gasteiger partial charge < -0.3 is 9.47 Å². The van der Waals surface area contributed by atoms with Crippen LogP contribution in [0.1, 0.15) is 50.3 Å². The van der Waals surface area contributed by atoms with Crippen molar-refractivity contribution in [2.45, 2.75) is 47.5 Å².